The summed E-state index contributed by atoms with van der Waals surface area (Å²) >= 11 is 0. The number of ether oxygens (including phenoxy) is 2. The highest BCUT2D eigenvalue weighted by Crippen LogP contribution is 2.62. The van der Waals surface area contributed by atoms with E-state index in [-0.39, 0.29) is 36.5 Å². The molecular formula is C30H26N2O6. The van der Waals surface area contributed by atoms with E-state index < -0.39 is 41.0 Å². The number of rotatable bonds is 6. The van der Waals surface area contributed by atoms with Crippen LogP contribution in [-0.4, -0.2) is 46.6 Å². The third kappa shape index (κ3) is 3.32. The molecule has 5 atom stereocenters. The van der Waals surface area contributed by atoms with E-state index in [1.54, 1.807) is 49.4 Å². The number of aliphatic hydroxyl groups excluding tert-OH is 1. The summed E-state index contributed by atoms with van der Waals surface area (Å²) < 4.78 is 12.3. The van der Waals surface area contributed by atoms with Crippen LogP contribution in [0.5, 0.6) is 5.75 Å². The summed E-state index contributed by atoms with van der Waals surface area (Å²) in [6, 6.07) is 19.7. The van der Waals surface area contributed by atoms with Gasteiger partial charge in [-0.25, -0.2) is 4.90 Å². The average Bonchev–Trinajstić information content (AvgIpc) is 3.44. The van der Waals surface area contributed by atoms with E-state index in [1.807, 2.05) is 18.2 Å². The molecule has 0 saturated carbocycles. The lowest BCUT2D eigenvalue weighted by Crippen LogP contribution is -2.49. The molecule has 3 aromatic rings. The molecule has 8 heteroatoms. The van der Waals surface area contributed by atoms with Crippen molar-refractivity contribution >= 4 is 34.1 Å². The number of hydrogen-bond acceptors (Lipinski definition) is 7. The first-order valence-corrected chi connectivity index (χ1v) is 12.6. The van der Waals surface area contributed by atoms with Gasteiger partial charge in [0.05, 0.1) is 41.4 Å². The van der Waals surface area contributed by atoms with Crippen LogP contribution in [0.15, 0.2) is 60.7 Å². The number of Topliss-reactive ketones (excluding diaryl/α,β-unsaturated/α-hetero) is 1. The molecule has 5 unspecified atom stereocenters. The van der Waals surface area contributed by atoms with Crippen molar-refractivity contribution in [1.82, 2.24) is 0 Å². The molecule has 3 heterocycles. The van der Waals surface area contributed by atoms with Gasteiger partial charge in [0.2, 0.25) is 11.8 Å². The monoisotopic (exact) mass is 510 g/mol. The van der Waals surface area contributed by atoms with Crippen LogP contribution in [-0.2, 0) is 14.3 Å². The number of anilines is 1. The predicted octanol–water partition coefficient (Wildman–Crippen LogP) is 3.78. The minimum absolute atomic E-state index is 0.0417. The molecule has 3 aliphatic heterocycles. The van der Waals surface area contributed by atoms with Crippen LogP contribution >= 0.6 is 0 Å². The van der Waals surface area contributed by atoms with Gasteiger partial charge in [0, 0.05) is 23.8 Å². The van der Waals surface area contributed by atoms with Crippen molar-refractivity contribution in [3.63, 3.8) is 0 Å². The summed E-state index contributed by atoms with van der Waals surface area (Å²) in [5.41, 5.74) is -1.21. The third-order valence-corrected chi connectivity index (χ3v) is 8.43. The average molecular weight is 511 g/mol. The number of carbonyl (C=O) groups excluding carboxylic acids is 3. The van der Waals surface area contributed by atoms with Crippen molar-refractivity contribution in [2.75, 3.05) is 11.5 Å². The first-order valence-electron chi connectivity index (χ1n) is 12.6. The second-order valence-electron chi connectivity index (χ2n) is 10.5. The van der Waals surface area contributed by atoms with Crippen molar-refractivity contribution in [3.05, 3.63) is 71.8 Å². The van der Waals surface area contributed by atoms with E-state index in [0.29, 0.717) is 16.7 Å². The lowest BCUT2D eigenvalue weighted by atomic mass is 9.66. The number of benzene rings is 3. The summed E-state index contributed by atoms with van der Waals surface area (Å²) in [7, 11) is 0. The quantitative estimate of drug-likeness (QED) is 0.396. The van der Waals surface area contributed by atoms with Gasteiger partial charge in [0.15, 0.2) is 5.78 Å². The molecule has 3 aromatic carbocycles. The lowest BCUT2D eigenvalue weighted by Gasteiger charge is -2.33. The Hall–Kier alpha value is -4.06. The number of hydrogen-bond donors (Lipinski definition) is 1. The zero-order valence-corrected chi connectivity index (χ0v) is 21.0. The third-order valence-electron chi connectivity index (χ3n) is 8.43. The minimum Gasteiger partial charge on any atom is -0.493 e. The SMILES string of the molecule is CC(=O)c1ccc(OCCC23CC(O)C(C)(O2)C2C(=O)N(c4ccc5ccccc5c4C#N)C(=O)C23)cc1. The molecule has 192 valence electrons. The number of ketones is 1. The van der Waals surface area contributed by atoms with Gasteiger partial charge < -0.3 is 14.6 Å². The Kier molecular flexibility index (Phi) is 5.42. The minimum atomic E-state index is -1.22. The largest absolute Gasteiger partial charge is 0.493 e. The summed E-state index contributed by atoms with van der Waals surface area (Å²) in [4.78, 5) is 40.4. The number of nitrogens with zero attached hydrogens (tertiary/aromatic N) is 2. The van der Waals surface area contributed by atoms with Crippen LogP contribution in [0.2, 0.25) is 0 Å². The van der Waals surface area contributed by atoms with Crippen LogP contribution in [0.25, 0.3) is 10.8 Å². The maximum atomic E-state index is 13.9. The second-order valence-corrected chi connectivity index (χ2v) is 10.5. The number of nitriles is 1. The van der Waals surface area contributed by atoms with Crippen molar-refractivity contribution in [1.29, 1.82) is 5.26 Å². The molecule has 38 heavy (non-hydrogen) atoms. The lowest BCUT2D eigenvalue weighted by molar-refractivity contribution is -0.134. The van der Waals surface area contributed by atoms with Crippen LogP contribution in [0.1, 0.15) is 42.6 Å². The number of fused-ring (bicyclic) bond motifs is 6. The molecule has 3 fully saturated rings. The van der Waals surface area contributed by atoms with Gasteiger partial charge in [-0.2, -0.15) is 5.26 Å². The number of carbonyl (C=O) groups is 3. The Labute approximate surface area is 219 Å². The molecule has 2 amide bonds. The molecule has 0 aromatic heterocycles. The number of amides is 2. The first-order chi connectivity index (χ1) is 18.2. The topological polar surface area (TPSA) is 117 Å². The van der Waals surface area contributed by atoms with Crippen molar-refractivity contribution < 1.29 is 29.0 Å². The molecule has 3 aliphatic rings. The van der Waals surface area contributed by atoms with Crippen LogP contribution in [0, 0.1) is 23.2 Å². The van der Waals surface area contributed by atoms with E-state index in [0.717, 1.165) is 10.3 Å². The molecule has 0 spiro atoms. The van der Waals surface area contributed by atoms with Crippen LogP contribution in [0.4, 0.5) is 5.69 Å². The van der Waals surface area contributed by atoms with Gasteiger partial charge in [-0.1, -0.05) is 30.3 Å². The van der Waals surface area contributed by atoms with Crippen molar-refractivity contribution in [3.8, 4) is 11.8 Å². The molecule has 3 saturated heterocycles. The van der Waals surface area contributed by atoms with Gasteiger partial charge in [0.25, 0.3) is 0 Å². The van der Waals surface area contributed by atoms with E-state index >= 15 is 0 Å². The van der Waals surface area contributed by atoms with Crippen LogP contribution in [0.3, 0.4) is 0 Å². The maximum absolute atomic E-state index is 13.9. The highest BCUT2D eigenvalue weighted by atomic mass is 16.6. The van der Waals surface area contributed by atoms with E-state index in [1.165, 1.54) is 6.92 Å². The zero-order valence-electron chi connectivity index (χ0n) is 21.0. The molecule has 6 rings (SSSR count). The Balaban J connectivity index is 1.31. The van der Waals surface area contributed by atoms with Gasteiger partial charge in [0.1, 0.15) is 17.4 Å². The maximum Gasteiger partial charge on any atom is 0.240 e. The Morgan fingerprint density at radius 3 is 2.53 bits per heavy atom. The molecule has 2 bridgehead atoms. The molecule has 8 nitrogen and oxygen atoms in total. The zero-order chi connectivity index (χ0) is 26.8. The number of aliphatic hydroxyl groups is 1. The molecule has 0 aliphatic carbocycles. The Bertz CT molecular complexity index is 1540. The summed E-state index contributed by atoms with van der Waals surface area (Å²) in [5.74, 6) is -2.03. The normalized spacial score (nSPS) is 29.5. The molecule has 0 radical (unpaired) electrons. The predicted molar refractivity (Wildman–Crippen MR) is 138 cm³/mol. The highest BCUT2D eigenvalue weighted by Gasteiger charge is 2.77. The highest BCUT2D eigenvalue weighted by molar-refractivity contribution is 6.24. The van der Waals surface area contributed by atoms with E-state index in [9.17, 15) is 24.8 Å². The van der Waals surface area contributed by atoms with Crippen LogP contribution < -0.4 is 9.64 Å². The molecular weight excluding hydrogens is 484 g/mol. The summed E-state index contributed by atoms with van der Waals surface area (Å²) in [5, 5.41) is 22.4. The smallest absolute Gasteiger partial charge is 0.240 e. The van der Waals surface area contributed by atoms with Gasteiger partial charge in [-0.3, -0.25) is 14.4 Å². The second kappa shape index (κ2) is 8.48. The summed E-state index contributed by atoms with van der Waals surface area (Å²) in [6.45, 7) is 3.37. The fourth-order valence-electron chi connectivity index (χ4n) is 6.55. The van der Waals surface area contributed by atoms with Crippen molar-refractivity contribution in [2.24, 2.45) is 11.8 Å². The van der Waals surface area contributed by atoms with E-state index in [2.05, 4.69) is 6.07 Å². The van der Waals surface area contributed by atoms with Crippen molar-refractivity contribution in [2.45, 2.75) is 44.0 Å². The van der Waals surface area contributed by atoms with Gasteiger partial charge >= 0.3 is 0 Å². The fraction of sp³-hybridized carbons (Fsp3) is 0.333. The molecule has 1 N–H and O–H groups in total. The fourth-order valence-corrected chi connectivity index (χ4v) is 6.55. The number of imide groups is 1. The van der Waals surface area contributed by atoms with Gasteiger partial charge in [-0.05, 0) is 49.6 Å². The standard InChI is InChI=1S/C30H26N2O6/c1-17(33)18-7-10-20(11-8-18)37-14-13-30-15-24(34)29(2,38-30)25-26(30)28(36)32(27(25)35)23-12-9-19-5-3-4-6-21(19)22(23)16-31/h3-12,24-26,34H,13-15H2,1-2H3. The Morgan fingerprint density at radius 2 is 1.82 bits per heavy atom. The van der Waals surface area contributed by atoms with Gasteiger partial charge in [-0.15, -0.1) is 0 Å². The first kappa shape index (κ1) is 24.3. The summed E-state index contributed by atoms with van der Waals surface area (Å²) in [6.07, 6.45) is -0.444. The Morgan fingerprint density at radius 1 is 1.11 bits per heavy atom. The van der Waals surface area contributed by atoms with E-state index in [4.69, 9.17) is 9.47 Å².